The van der Waals surface area contributed by atoms with Crippen molar-refractivity contribution >= 4 is 23.5 Å². The van der Waals surface area contributed by atoms with Crippen LogP contribution in [0.1, 0.15) is 26.7 Å². The molecule has 0 saturated carbocycles. The van der Waals surface area contributed by atoms with Gasteiger partial charge in [-0.2, -0.15) is 0 Å². The zero-order valence-electron chi connectivity index (χ0n) is 13.8. The van der Waals surface area contributed by atoms with Gasteiger partial charge in [-0.05, 0) is 32.4 Å². The number of methoxy groups -OCH3 is 1. The predicted molar refractivity (Wildman–Crippen MR) is 85.1 cm³/mol. The molecule has 1 aliphatic rings. The number of nitrogens with zero attached hydrogens (tertiary/aromatic N) is 1. The average molecular weight is 337 g/mol. The molecule has 8 heteroatoms. The third-order valence-electron chi connectivity index (χ3n) is 3.67. The van der Waals surface area contributed by atoms with Crippen molar-refractivity contribution in [1.82, 2.24) is 10.2 Å². The number of ether oxygens (including phenoxy) is 1. The fourth-order valence-electron chi connectivity index (χ4n) is 2.40. The Kier molecular flexibility index (Phi) is 5.06. The van der Waals surface area contributed by atoms with Crippen molar-refractivity contribution in [2.75, 3.05) is 19.0 Å². The molecule has 24 heavy (non-hydrogen) atoms. The smallest absolute Gasteiger partial charge is 0.325 e. The van der Waals surface area contributed by atoms with E-state index in [9.17, 15) is 18.8 Å². The standard InChI is InChI=1S/C16H20FN3O4/c1-16(2)14(22)20(15(23)19-16)8-4-5-13(21)18-11-7-6-10(17)9-12(11)24-3/h6-7,9H,4-5,8H2,1-3H3,(H,18,21)(H,19,23). The van der Waals surface area contributed by atoms with Crippen LogP contribution in [-0.4, -0.2) is 41.9 Å². The van der Waals surface area contributed by atoms with E-state index in [-0.39, 0.29) is 30.5 Å². The Balaban J connectivity index is 1.86. The summed E-state index contributed by atoms with van der Waals surface area (Å²) in [5, 5.41) is 5.19. The summed E-state index contributed by atoms with van der Waals surface area (Å²) in [6.07, 6.45) is 0.433. The molecule has 1 aliphatic heterocycles. The van der Waals surface area contributed by atoms with Gasteiger partial charge in [-0.3, -0.25) is 14.5 Å². The van der Waals surface area contributed by atoms with Gasteiger partial charge in [0, 0.05) is 19.0 Å². The van der Waals surface area contributed by atoms with Gasteiger partial charge in [-0.15, -0.1) is 0 Å². The molecule has 0 aromatic heterocycles. The van der Waals surface area contributed by atoms with Gasteiger partial charge >= 0.3 is 6.03 Å². The third kappa shape index (κ3) is 3.81. The first-order valence-corrected chi connectivity index (χ1v) is 7.52. The highest BCUT2D eigenvalue weighted by Gasteiger charge is 2.43. The summed E-state index contributed by atoms with van der Waals surface area (Å²) >= 11 is 0. The highest BCUT2D eigenvalue weighted by Crippen LogP contribution is 2.25. The monoisotopic (exact) mass is 337 g/mol. The number of imide groups is 1. The first-order chi connectivity index (χ1) is 11.2. The van der Waals surface area contributed by atoms with Gasteiger partial charge < -0.3 is 15.4 Å². The lowest BCUT2D eigenvalue weighted by Crippen LogP contribution is -2.40. The number of benzene rings is 1. The van der Waals surface area contributed by atoms with Gasteiger partial charge in [-0.25, -0.2) is 9.18 Å². The molecule has 2 rings (SSSR count). The fourth-order valence-corrected chi connectivity index (χ4v) is 2.40. The molecule has 0 unspecified atom stereocenters. The molecule has 1 heterocycles. The number of carbonyl (C=O) groups excluding carboxylic acids is 3. The largest absolute Gasteiger partial charge is 0.494 e. The molecule has 0 radical (unpaired) electrons. The van der Waals surface area contributed by atoms with E-state index >= 15 is 0 Å². The molecular weight excluding hydrogens is 317 g/mol. The molecule has 2 N–H and O–H groups in total. The highest BCUT2D eigenvalue weighted by atomic mass is 19.1. The number of urea groups is 1. The van der Waals surface area contributed by atoms with Crippen molar-refractivity contribution < 1.29 is 23.5 Å². The van der Waals surface area contributed by atoms with Crippen LogP contribution in [0, 0.1) is 5.82 Å². The number of nitrogens with one attached hydrogen (secondary N) is 2. The minimum atomic E-state index is -0.916. The zero-order chi connectivity index (χ0) is 17.9. The summed E-state index contributed by atoms with van der Waals surface area (Å²) < 4.78 is 18.1. The number of anilines is 1. The average Bonchev–Trinajstić information content (AvgIpc) is 2.70. The van der Waals surface area contributed by atoms with Crippen molar-refractivity contribution in [3.05, 3.63) is 24.0 Å². The van der Waals surface area contributed by atoms with Crippen LogP contribution in [-0.2, 0) is 9.59 Å². The summed E-state index contributed by atoms with van der Waals surface area (Å²) in [6, 6.07) is 3.34. The van der Waals surface area contributed by atoms with Crippen LogP contribution in [0.4, 0.5) is 14.9 Å². The van der Waals surface area contributed by atoms with E-state index in [1.165, 1.54) is 25.3 Å². The van der Waals surface area contributed by atoms with Crippen molar-refractivity contribution in [3.8, 4) is 5.75 Å². The quantitative estimate of drug-likeness (QED) is 0.776. The Bertz CT molecular complexity index is 675. The third-order valence-corrected chi connectivity index (χ3v) is 3.67. The second-order valence-corrected chi connectivity index (χ2v) is 6.01. The van der Waals surface area contributed by atoms with Crippen molar-refractivity contribution in [1.29, 1.82) is 0 Å². The van der Waals surface area contributed by atoms with Gasteiger partial charge in [0.2, 0.25) is 5.91 Å². The second-order valence-electron chi connectivity index (χ2n) is 6.01. The minimum Gasteiger partial charge on any atom is -0.494 e. The van der Waals surface area contributed by atoms with Crippen LogP contribution in [0.25, 0.3) is 0 Å². The van der Waals surface area contributed by atoms with Crippen molar-refractivity contribution in [2.24, 2.45) is 0 Å². The molecule has 1 aromatic carbocycles. The van der Waals surface area contributed by atoms with Crippen molar-refractivity contribution in [3.63, 3.8) is 0 Å². The normalized spacial score (nSPS) is 16.1. The topological polar surface area (TPSA) is 87.7 Å². The van der Waals surface area contributed by atoms with E-state index in [0.29, 0.717) is 12.1 Å². The van der Waals surface area contributed by atoms with Gasteiger partial charge in [0.15, 0.2) is 0 Å². The van der Waals surface area contributed by atoms with Crippen LogP contribution in [0.3, 0.4) is 0 Å². The number of carbonyl (C=O) groups is 3. The van der Waals surface area contributed by atoms with E-state index in [4.69, 9.17) is 4.74 Å². The first kappa shape index (κ1) is 17.7. The predicted octanol–water partition coefficient (Wildman–Crippen LogP) is 1.88. The fraction of sp³-hybridized carbons (Fsp3) is 0.438. The molecule has 1 saturated heterocycles. The summed E-state index contributed by atoms with van der Waals surface area (Å²) in [6.45, 7) is 3.41. The maximum absolute atomic E-state index is 13.1. The number of rotatable bonds is 6. The Morgan fingerprint density at radius 3 is 2.67 bits per heavy atom. The van der Waals surface area contributed by atoms with E-state index in [1.807, 2.05) is 0 Å². The molecule has 7 nitrogen and oxygen atoms in total. The number of hydrogen-bond acceptors (Lipinski definition) is 4. The Morgan fingerprint density at radius 1 is 1.38 bits per heavy atom. The lowest BCUT2D eigenvalue weighted by molar-refractivity contribution is -0.130. The van der Waals surface area contributed by atoms with E-state index < -0.39 is 17.4 Å². The first-order valence-electron chi connectivity index (χ1n) is 7.52. The maximum atomic E-state index is 13.1. The SMILES string of the molecule is COc1cc(F)ccc1NC(=O)CCCN1C(=O)NC(C)(C)C1=O. The van der Waals surface area contributed by atoms with Crippen LogP contribution in [0.5, 0.6) is 5.75 Å². The van der Waals surface area contributed by atoms with Gasteiger partial charge in [-0.1, -0.05) is 0 Å². The van der Waals surface area contributed by atoms with Gasteiger partial charge in [0.1, 0.15) is 17.1 Å². The molecule has 1 fully saturated rings. The molecule has 4 amide bonds. The lowest BCUT2D eigenvalue weighted by Gasteiger charge is -2.16. The van der Waals surface area contributed by atoms with Crippen LogP contribution < -0.4 is 15.4 Å². The Morgan fingerprint density at radius 2 is 2.08 bits per heavy atom. The number of hydrogen-bond donors (Lipinski definition) is 2. The van der Waals surface area contributed by atoms with E-state index in [0.717, 1.165) is 4.90 Å². The lowest BCUT2D eigenvalue weighted by atomic mass is 10.1. The zero-order valence-corrected chi connectivity index (χ0v) is 13.8. The Hall–Kier alpha value is -2.64. The molecular formula is C16H20FN3O4. The number of halogens is 1. The number of amides is 4. The van der Waals surface area contributed by atoms with E-state index in [2.05, 4.69) is 10.6 Å². The minimum absolute atomic E-state index is 0.109. The van der Waals surface area contributed by atoms with E-state index in [1.54, 1.807) is 13.8 Å². The van der Waals surface area contributed by atoms with Crippen LogP contribution >= 0.6 is 0 Å². The van der Waals surface area contributed by atoms with Gasteiger partial charge in [0.05, 0.1) is 12.8 Å². The summed E-state index contributed by atoms with van der Waals surface area (Å²) in [4.78, 5) is 36.8. The van der Waals surface area contributed by atoms with Crippen LogP contribution in [0.15, 0.2) is 18.2 Å². The molecule has 0 atom stereocenters. The molecule has 0 spiro atoms. The maximum Gasteiger partial charge on any atom is 0.325 e. The molecule has 0 aliphatic carbocycles. The van der Waals surface area contributed by atoms with Crippen molar-refractivity contribution in [2.45, 2.75) is 32.2 Å². The Labute approximate surface area is 139 Å². The molecule has 0 bridgehead atoms. The van der Waals surface area contributed by atoms with Crippen LogP contribution in [0.2, 0.25) is 0 Å². The summed E-state index contributed by atoms with van der Waals surface area (Å²) in [5.74, 6) is -0.871. The summed E-state index contributed by atoms with van der Waals surface area (Å²) in [5.41, 5.74) is -0.555. The molecule has 130 valence electrons. The van der Waals surface area contributed by atoms with Gasteiger partial charge in [0.25, 0.3) is 5.91 Å². The second kappa shape index (κ2) is 6.86. The summed E-state index contributed by atoms with van der Waals surface area (Å²) in [7, 11) is 1.38. The molecule has 1 aromatic rings. The highest BCUT2D eigenvalue weighted by molar-refractivity contribution is 6.06.